The summed E-state index contributed by atoms with van der Waals surface area (Å²) >= 11 is 13.7. The number of halogens is 2. The maximum atomic E-state index is 14.0. The molecular weight excluding hydrogens is 605 g/mol. The number of anilines is 3. The molecule has 4 aromatic carbocycles. The third kappa shape index (κ3) is 5.82. The van der Waals surface area contributed by atoms with E-state index in [4.69, 9.17) is 37.7 Å². The Balaban J connectivity index is 1.59. The maximum Gasteiger partial charge on any atom is 0.266 e. The molecule has 5 rings (SSSR count). The summed E-state index contributed by atoms with van der Waals surface area (Å²) in [5, 5.41) is 0.911. The van der Waals surface area contributed by atoms with Crippen molar-refractivity contribution in [2.75, 3.05) is 23.8 Å². The second kappa shape index (κ2) is 11.6. The Morgan fingerprint density at radius 1 is 0.927 bits per heavy atom. The van der Waals surface area contributed by atoms with Crippen LogP contribution in [0.25, 0.3) is 10.2 Å². The van der Waals surface area contributed by atoms with E-state index >= 15 is 0 Å². The van der Waals surface area contributed by atoms with E-state index in [0.717, 1.165) is 0 Å². The number of ether oxygens (including phenoxy) is 2. The lowest BCUT2D eigenvalue weighted by Crippen LogP contribution is -2.26. The van der Waals surface area contributed by atoms with Gasteiger partial charge in [-0.05, 0) is 67.1 Å². The third-order valence-electron chi connectivity index (χ3n) is 6.19. The van der Waals surface area contributed by atoms with E-state index in [1.807, 2.05) is 0 Å². The molecule has 210 valence electrons. The number of aromatic nitrogens is 1. The highest BCUT2D eigenvalue weighted by molar-refractivity contribution is 7.92. The van der Waals surface area contributed by atoms with Crippen molar-refractivity contribution in [2.24, 2.45) is 0 Å². The molecule has 12 heteroatoms. The number of benzene rings is 4. The lowest BCUT2D eigenvalue weighted by atomic mass is 10.1. The minimum absolute atomic E-state index is 0.182. The van der Waals surface area contributed by atoms with Gasteiger partial charge in [-0.25, -0.2) is 13.4 Å². The van der Waals surface area contributed by atoms with Gasteiger partial charge in [-0.2, -0.15) is 0 Å². The van der Waals surface area contributed by atoms with Crippen LogP contribution >= 0.6 is 34.5 Å². The van der Waals surface area contributed by atoms with Crippen molar-refractivity contribution in [3.8, 4) is 11.5 Å². The molecule has 1 heterocycles. The van der Waals surface area contributed by atoms with Crippen molar-refractivity contribution >= 4 is 77.2 Å². The second-order valence-electron chi connectivity index (χ2n) is 8.85. The molecule has 1 aromatic heterocycles. The quantitative estimate of drug-likeness (QED) is 0.189. The van der Waals surface area contributed by atoms with E-state index in [0.29, 0.717) is 48.8 Å². The predicted octanol–water partition coefficient (Wildman–Crippen LogP) is 7.71. The molecule has 0 fully saturated rings. The third-order valence-corrected chi connectivity index (χ3v) is 9.29. The number of thiazole rings is 1. The van der Waals surface area contributed by atoms with Gasteiger partial charge < -0.3 is 9.47 Å². The van der Waals surface area contributed by atoms with Crippen molar-refractivity contribution in [1.82, 2.24) is 4.98 Å². The fourth-order valence-corrected chi connectivity index (χ4v) is 7.01. The van der Waals surface area contributed by atoms with Gasteiger partial charge in [0.05, 0.1) is 51.3 Å². The monoisotopic (exact) mass is 627 g/mol. The lowest BCUT2D eigenvalue weighted by molar-refractivity contribution is 0.0999. The van der Waals surface area contributed by atoms with Gasteiger partial charge in [0.15, 0.2) is 16.6 Å². The molecule has 0 spiro atoms. The fourth-order valence-electron chi connectivity index (χ4n) is 4.20. The SMILES string of the molecule is COc1ccc(N(C(=O)c2ccc(Cl)cc2Cl)c2nc3ccc(NS(=O)(=O)c4ccccc4C)cc3s2)cc1OC. The number of rotatable bonds is 8. The predicted molar refractivity (Wildman–Crippen MR) is 164 cm³/mol. The number of amides is 1. The molecular formula is C29H23Cl2N3O5S2. The fraction of sp³-hybridized carbons (Fsp3) is 0.103. The van der Waals surface area contributed by atoms with E-state index in [1.54, 1.807) is 79.7 Å². The van der Waals surface area contributed by atoms with Crippen LogP contribution in [0.3, 0.4) is 0 Å². The zero-order chi connectivity index (χ0) is 29.3. The zero-order valence-corrected chi connectivity index (χ0v) is 25.2. The van der Waals surface area contributed by atoms with Crippen LogP contribution in [0.5, 0.6) is 11.5 Å². The van der Waals surface area contributed by atoms with E-state index in [9.17, 15) is 13.2 Å². The van der Waals surface area contributed by atoms with Gasteiger partial charge in [-0.3, -0.25) is 14.4 Å². The summed E-state index contributed by atoms with van der Waals surface area (Å²) < 4.78 is 40.2. The van der Waals surface area contributed by atoms with Crippen LogP contribution in [0, 0.1) is 6.92 Å². The second-order valence-corrected chi connectivity index (χ2v) is 12.4. The molecule has 0 unspecified atom stereocenters. The van der Waals surface area contributed by atoms with Crippen LogP contribution < -0.4 is 19.1 Å². The summed E-state index contributed by atoms with van der Waals surface area (Å²) in [5.74, 6) is 0.459. The Morgan fingerprint density at radius 3 is 2.39 bits per heavy atom. The van der Waals surface area contributed by atoms with Crippen LogP contribution in [0.15, 0.2) is 83.8 Å². The zero-order valence-electron chi connectivity index (χ0n) is 22.0. The smallest absolute Gasteiger partial charge is 0.266 e. The number of aryl methyl sites for hydroxylation is 1. The Kier molecular flexibility index (Phi) is 8.10. The van der Waals surface area contributed by atoms with Gasteiger partial charge in [-0.15, -0.1) is 0 Å². The number of hydrogen-bond acceptors (Lipinski definition) is 7. The summed E-state index contributed by atoms with van der Waals surface area (Å²) in [7, 11) is -0.797. The molecule has 1 N–H and O–H groups in total. The van der Waals surface area contributed by atoms with Crippen LogP contribution in [0.1, 0.15) is 15.9 Å². The molecule has 0 saturated heterocycles. The average Bonchev–Trinajstić information content (AvgIpc) is 3.35. The molecule has 5 aromatic rings. The number of hydrogen-bond donors (Lipinski definition) is 1. The summed E-state index contributed by atoms with van der Waals surface area (Å²) in [6.45, 7) is 1.74. The first kappa shape index (κ1) is 28.7. The summed E-state index contributed by atoms with van der Waals surface area (Å²) in [4.78, 5) is 20.3. The maximum absolute atomic E-state index is 14.0. The lowest BCUT2D eigenvalue weighted by Gasteiger charge is -2.22. The first-order valence-electron chi connectivity index (χ1n) is 12.1. The number of nitrogens with one attached hydrogen (secondary N) is 1. The number of carbonyl (C=O) groups excluding carboxylic acids is 1. The molecule has 0 atom stereocenters. The van der Waals surface area contributed by atoms with Crippen LogP contribution in [0.2, 0.25) is 10.0 Å². The average molecular weight is 629 g/mol. The summed E-state index contributed by atoms with van der Waals surface area (Å²) in [6.07, 6.45) is 0. The highest BCUT2D eigenvalue weighted by Crippen LogP contribution is 2.40. The normalized spacial score (nSPS) is 11.3. The van der Waals surface area contributed by atoms with Crippen LogP contribution in [-0.4, -0.2) is 33.5 Å². The van der Waals surface area contributed by atoms with Crippen molar-refractivity contribution < 1.29 is 22.7 Å². The van der Waals surface area contributed by atoms with Gasteiger partial charge in [-0.1, -0.05) is 52.7 Å². The van der Waals surface area contributed by atoms with Gasteiger partial charge in [0, 0.05) is 11.1 Å². The standard InChI is InChI=1S/C29H23Cl2N3O5S2/c1-17-6-4-5-7-27(17)41(36,37)33-19-9-12-23-26(15-19)40-29(32-23)34(20-10-13-24(38-2)25(16-20)39-3)28(35)21-11-8-18(30)14-22(21)31/h4-16,33H,1-3H3. The van der Waals surface area contributed by atoms with Crippen molar-refractivity contribution in [3.63, 3.8) is 0 Å². The first-order valence-corrected chi connectivity index (χ1v) is 15.2. The van der Waals surface area contributed by atoms with Crippen LogP contribution in [0.4, 0.5) is 16.5 Å². The molecule has 0 aliphatic heterocycles. The van der Waals surface area contributed by atoms with E-state index in [1.165, 1.54) is 36.5 Å². The molecule has 0 aliphatic carbocycles. The van der Waals surface area contributed by atoms with Crippen molar-refractivity contribution in [1.29, 1.82) is 0 Å². The van der Waals surface area contributed by atoms with Crippen LogP contribution in [-0.2, 0) is 10.0 Å². The highest BCUT2D eigenvalue weighted by Gasteiger charge is 2.27. The number of sulfonamides is 1. The van der Waals surface area contributed by atoms with Gasteiger partial charge in [0.2, 0.25) is 0 Å². The van der Waals surface area contributed by atoms with Crippen molar-refractivity contribution in [3.05, 3.63) is 100 Å². The molecule has 0 aliphatic rings. The number of methoxy groups -OCH3 is 2. The number of fused-ring (bicyclic) bond motifs is 1. The Hall–Kier alpha value is -3.83. The van der Waals surface area contributed by atoms with E-state index in [-0.39, 0.29) is 15.5 Å². The van der Waals surface area contributed by atoms with E-state index in [2.05, 4.69) is 4.72 Å². The van der Waals surface area contributed by atoms with Gasteiger partial charge in [0.1, 0.15) is 0 Å². The Labute approximate surface area is 251 Å². The summed E-state index contributed by atoms with van der Waals surface area (Å²) in [6, 6.07) is 21.4. The molecule has 8 nitrogen and oxygen atoms in total. The minimum atomic E-state index is -3.82. The van der Waals surface area contributed by atoms with E-state index < -0.39 is 15.9 Å². The Morgan fingerprint density at radius 2 is 1.68 bits per heavy atom. The highest BCUT2D eigenvalue weighted by atomic mass is 35.5. The minimum Gasteiger partial charge on any atom is -0.493 e. The molecule has 0 radical (unpaired) electrons. The number of nitrogens with zero attached hydrogens (tertiary/aromatic N) is 2. The Bertz CT molecular complexity index is 1890. The van der Waals surface area contributed by atoms with Crippen molar-refractivity contribution in [2.45, 2.75) is 11.8 Å². The first-order chi connectivity index (χ1) is 19.6. The topological polar surface area (TPSA) is 97.8 Å². The molecule has 41 heavy (non-hydrogen) atoms. The summed E-state index contributed by atoms with van der Waals surface area (Å²) in [5.41, 5.74) is 2.24. The molecule has 0 saturated carbocycles. The van der Waals surface area contributed by atoms with Gasteiger partial charge >= 0.3 is 0 Å². The van der Waals surface area contributed by atoms with Gasteiger partial charge in [0.25, 0.3) is 15.9 Å². The molecule has 0 bridgehead atoms. The molecule has 1 amide bonds. The number of carbonyl (C=O) groups is 1. The largest absolute Gasteiger partial charge is 0.493 e.